The molecule has 2 rings (SSSR count). The summed E-state index contributed by atoms with van der Waals surface area (Å²) in [6, 6.07) is 3.36. The lowest BCUT2D eigenvalue weighted by Gasteiger charge is -2.16. The van der Waals surface area contributed by atoms with E-state index in [-0.39, 0.29) is 5.91 Å². The highest BCUT2D eigenvalue weighted by Gasteiger charge is 2.25. The van der Waals surface area contributed by atoms with Crippen LogP contribution in [0.2, 0.25) is 0 Å². The summed E-state index contributed by atoms with van der Waals surface area (Å²) in [6.45, 7) is 3.90. The molecule has 16 heavy (non-hydrogen) atoms. The van der Waals surface area contributed by atoms with E-state index in [1.165, 1.54) is 0 Å². The molecule has 0 radical (unpaired) electrons. The summed E-state index contributed by atoms with van der Waals surface area (Å²) in [5, 5.41) is 0. The number of anilines is 1. The Morgan fingerprint density at radius 3 is 3.12 bits per heavy atom. The van der Waals surface area contributed by atoms with Gasteiger partial charge in [0.2, 0.25) is 0 Å². The summed E-state index contributed by atoms with van der Waals surface area (Å²) in [6.07, 6.45) is 3.83. The Balaban J connectivity index is 2.08. The van der Waals surface area contributed by atoms with Crippen LogP contribution in [0.25, 0.3) is 0 Å². The number of likely N-dealkylation sites (tertiary alicyclic amines) is 1. The number of hydrogen-bond acceptors (Lipinski definition) is 3. The van der Waals surface area contributed by atoms with Crippen LogP contribution in [0.4, 0.5) is 5.82 Å². The maximum absolute atomic E-state index is 12.1. The van der Waals surface area contributed by atoms with Gasteiger partial charge >= 0.3 is 0 Å². The first-order valence-corrected chi connectivity index (χ1v) is 5.71. The number of pyridine rings is 1. The number of nitrogens with two attached hydrogens (primary N) is 1. The van der Waals surface area contributed by atoms with Crippen molar-refractivity contribution >= 4 is 11.7 Å². The molecule has 2 N–H and O–H groups in total. The quantitative estimate of drug-likeness (QED) is 0.820. The number of carbonyl (C=O) groups is 1. The molecular formula is C12H17N3O. The van der Waals surface area contributed by atoms with Gasteiger partial charge in [0.25, 0.3) is 5.91 Å². The third kappa shape index (κ3) is 2.15. The fourth-order valence-corrected chi connectivity index (χ4v) is 2.11. The van der Waals surface area contributed by atoms with Crippen LogP contribution in [0, 0.1) is 5.92 Å². The lowest BCUT2D eigenvalue weighted by molar-refractivity contribution is 0.0787. The second-order valence-corrected chi connectivity index (χ2v) is 4.28. The average Bonchev–Trinajstić information content (AvgIpc) is 2.76. The van der Waals surface area contributed by atoms with Crippen LogP contribution in [-0.4, -0.2) is 28.9 Å². The highest BCUT2D eigenvalue weighted by Crippen LogP contribution is 2.21. The molecule has 0 saturated carbocycles. The lowest BCUT2D eigenvalue weighted by Crippen LogP contribution is -2.28. The standard InChI is InChI=1S/C12H17N3O/c1-2-9-4-6-15(8-9)12(16)10-3-5-14-11(13)7-10/h3,5,7,9H,2,4,6,8H2,1H3,(H2,13,14). The summed E-state index contributed by atoms with van der Waals surface area (Å²) >= 11 is 0. The molecule has 4 nitrogen and oxygen atoms in total. The number of rotatable bonds is 2. The van der Waals surface area contributed by atoms with E-state index in [9.17, 15) is 4.79 Å². The van der Waals surface area contributed by atoms with Crippen molar-refractivity contribution in [3.05, 3.63) is 23.9 Å². The van der Waals surface area contributed by atoms with Crippen molar-refractivity contribution < 1.29 is 4.79 Å². The molecule has 1 amide bonds. The first kappa shape index (κ1) is 10.9. The second kappa shape index (κ2) is 4.51. The zero-order chi connectivity index (χ0) is 11.5. The fraction of sp³-hybridized carbons (Fsp3) is 0.500. The third-order valence-corrected chi connectivity index (χ3v) is 3.18. The van der Waals surface area contributed by atoms with Crippen molar-refractivity contribution in [3.8, 4) is 0 Å². The van der Waals surface area contributed by atoms with E-state index in [0.717, 1.165) is 25.9 Å². The number of amides is 1. The first-order chi connectivity index (χ1) is 7.70. The van der Waals surface area contributed by atoms with Crippen LogP contribution in [0.5, 0.6) is 0 Å². The van der Waals surface area contributed by atoms with Gasteiger partial charge < -0.3 is 10.6 Å². The van der Waals surface area contributed by atoms with Crippen molar-refractivity contribution in [2.24, 2.45) is 5.92 Å². The molecular weight excluding hydrogens is 202 g/mol. The molecule has 1 fully saturated rings. The molecule has 2 heterocycles. The van der Waals surface area contributed by atoms with Crippen molar-refractivity contribution in [2.75, 3.05) is 18.8 Å². The number of nitrogen functional groups attached to an aromatic ring is 1. The highest BCUT2D eigenvalue weighted by atomic mass is 16.2. The highest BCUT2D eigenvalue weighted by molar-refractivity contribution is 5.94. The molecule has 1 aliphatic rings. The van der Waals surface area contributed by atoms with Crippen molar-refractivity contribution in [2.45, 2.75) is 19.8 Å². The van der Waals surface area contributed by atoms with E-state index in [1.54, 1.807) is 18.3 Å². The van der Waals surface area contributed by atoms with Gasteiger partial charge in [-0.2, -0.15) is 0 Å². The van der Waals surface area contributed by atoms with Gasteiger partial charge in [0, 0.05) is 24.8 Å². The van der Waals surface area contributed by atoms with Crippen LogP contribution >= 0.6 is 0 Å². The molecule has 1 aliphatic heterocycles. The van der Waals surface area contributed by atoms with E-state index >= 15 is 0 Å². The van der Waals surface area contributed by atoms with Crippen molar-refractivity contribution in [3.63, 3.8) is 0 Å². The molecule has 0 aliphatic carbocycles. The molecule has 1 aromatic rings. The maximum atomic E-state index is 12.1. The number of nitrogens with zero attached hydrogens (tertiary/aromatic N) is 2. The number of carbonyl (C=O) groups excluding carboxylic acids is 1. The summed E-state index contributed by atoms with van der Waals surface area (Å²) in [4.78, 5) is 17.9. The zero-order valence-corrected chi connectivity index (χ0v) is 9.52. The summed E-state index contributed by atoms with van der Waals surface area (Å²) in [5.74, 6) is 1.13. The van der Waals surface area contributed by atoms with Crippen LogP contribution in [0.1, 0.15) is 30.1 Å². The minimum absolute atomic E-state index is 0.0741. The van der Waals surface area contributed by atoms with Crippen LogP contribution in [0.3, 0.4) is 0 Å². The lowest BCUT2D eigenvalue weighted by atomic mass is 10.1. The Morgan fingerprint density at radius 2 is 2.50 bits per heavy atom. The Bertz CT molecular complexity index is 392. The Labute approximate surface area is 95.5 Å². The SMILES string of the molecule is CCC1CCN(C(=O)c2ccnc(N)c2)C1. The summed E-state index contributed by atoms with van der Waals surface area (Å²) < 4.78 is 0. The van der Waals surface area contributed by atoms with Crippen LogP contribution in [0.15, 0.2) is 18.3 Å². The van der Waals surface area contributed by atoms with E-state index < -0.39 is 0 Å². The third-order valence-electron chi connectivity index (χ3n) is 3.18. The van der Waals surface area contributed by atoms with E-state index in [2.05, 4.69) is 11.9 Å². The second-order valence-electron chi connectivity index (χ2n) is 4.28. The van der Waals surface area contributed by atoms with Crippen molar-refractivity contribution in [1.29, 1.82) is 0 Å². The Kier molecular flexibility index (Phi) is 3.08. The van der Waals surface area contributed by atoms with E-state index in [4.69, 9.17) is 5.73 Å². The molecule has 86 valence electrons. The predicted molar refractivity (Wildman–Crippen MR) is 63.0 cm³/mol. The maximum Gasteiger partial charge on any atom is 0.254 e. The van der Waals surface area contributed by atoms with E-state index in [1.807, 2.05) is 4.90 Å². The van der Waals surface area contributed by atoms with Crippen molar-refractivity contribution in [1.82, 2.24) is 9.88 Å². The number of hydrogen-bond donors (Lipinski definition) is 1. The predicted octanol–water partition coefficient (Wildman–Crippen LogP) is 1.54. The molecule has 0 aromatic carbocycles. The molecule has 0 spiro atoms. The van der Waals surface area contributed by atoms with Gasteiger partial charge in [-0.1, -0.05) is 13.3 Å². The zero-order valence-electron chi connectivity index (χ0n) is 9.52. The van der Waals surface area contributed by atoms with Gasteiger partial charge in [0.05, 0.1) is 0 Å². The molecule has 1 atom stereocenters. The summed E-state index contributed by atoms with van der Waals surface area (Å²) in [5.41, 5.74) is 6.21. The average molecular weight is 219 g/mol. The topological polar surface area (TPSA) is 59.2 Å². The molecule has 0 bridgehead atoms. The first-order valence-electron chi connectivity index (χ1n) is 5.71. The van der Waals surface area contributed by atoms with Gasteiger partial charge in [-0.25, -0.2) is 4.98 Å². The van der Waals surface area contributed by atoms with Crippen LogP contribution in [-0.2, 0) is 0 Å². The molecule has 1 aromatic heterocycles. The molecule has 1 unspecified atom stereocenters. The van der Waals surface area contributed by atoms with Gasteiger partial charge in [0.1, 0.15) is 5.82 Å². The van der Waals surface area contributed by atoms with Gasteiger partial charge in [0.15, 0.2) is 0 Å². The van der Waals surface area contributed by atoms with Gasteiger partial charge in [-0.15, -0.1) is 0 Å². The monoisotopic (exact) mass is 219 g/mol. The summed E-state index contributed by atoms with van der Waals surface area (Å²) in [7, 11) is 0. The van der Waals surface area contributed by atoms with Gasteiger partial charge in [-0.05, 0) is 24.5 Å². The Hall–Kier alpha value is -1.58. The number of aromatic nitrogens is 1. The molecule has 4 heteroatoms. The Morgan fingerprint density at radius 1 is 1.69 bits per heavy atom. The van der Waals surface area contributed by atoms with Gasteiger partial charge in [-0.3, -0.25) is 4.79 Å². The minimum atomic E-state index is 0.0741. The van der Waals surface area contributed by atoms with E-state index in [0.29, 0.717) is 17.3 Å². The largest absolute Gasteiger partial charge is 0.384 e. The smallest absolute Gasteiger partial charge is 0.254 e. The molecule has 1 saturated heterocycles. The minimum Gasteiger partial charge on any atom is -0.384 e. The van der Waals surface area contributed by atoms with Crippen LogP contribution < -0.4 is 5.73 Å². The normalized spacial score (nSPS) is 20.1. The fourth-order valence-electron chi connectivity index (χ4n) is 2.11.